The third-order valence-electron chi connectivity index (χ3n) is 4.56. The molecule has 24 heavy (non-hydrogen) atoms. The van der Waals surface area contributed by atoms with E-state index in [0.717, 1.165) is 12.0 Å². The minimum Gasteiger partial charge on any atom is -0.483 e. The summed E-state index contributed by atoms with van der Waals surface area (Å²) < 4.78 is 11.5. The Balaban J connectivity index is 1.53. The first-order valence-electron chi connectivity index (χ1n) is 8.30. The minimum atomic E-state index is -0.789. The molecule has 2 aliphatic rings. The number of hydrogen-bond acceptors (Lipinski definition) is 4. The van der Waals surface area contributed by atoms with E-state index >= 15 is 0 Å². The number of rotatable bonds is 5. The lowest BCUT2D eigenvalue weighted by molar-refractivity contribution is -0.141. The third-order valence-corrected chi connectivity index (χ3v) is 4.56. The van der Waals surface area contributed by atoms with E-state index in [9.17, 15) is 9.59 Å². The van der Waals surface area contributed by atoms with Crippen LogP contribution in [0.2, 0.25) is 0 Å². The Morgan fingerprint density at radius 3 is 2.88 bits per heavy atom. The van der Waals surface area contributed by atoms with Crippen molar-refractivity contribution in [2.24, 2.45) is 5.92 Å². The number of fused-ring (bicyclic) bond motifs is 1. The molecular formula is C18H23NO5. The molecule has 1 heterocycles. The van der Waals surface area contributed by atoms with Crippen LogP contribution in [0.3, 0.4) is 0 Å². The van der Waals surface area contributed by atoms with Crippen LogP contribution in [0.15, 0.2) is 18.2 Å². The predicted molar refractivity (Wildman–Crippen MR) is 87.3 cm³/mol. The van der Waals surface area contributed by atoms with Crippen LogP contribution in [0, 0.1) is 5.92 Å². The van der Waals surface area contributed by atoms with Gasteiger partial charge >= 0.3 is 5.97 Å². The molecule has 0 bridgehead atoms. The molecule has 6 nitrogen and oxygen atoms in total. The summed E-state index contributed by atoms with van der Waals surface area (Å²) in [6.45, 7) is 3.93. The number of benzene rings is 1. The standard InChI is InChI=1S/C18H23NO5/c1-18(2)9-12-4-3-5-14(16(12)24-18)23-10-15(20)19-13-7-6-11(8-13)17(21)22/h3-5,11,13H,6-10H2,1-2H3,(H,19,20)(H,21,22)/t11-,13+/m1/s1. The molecule has 2 atom stereocenters. The number of carbonyl (C=O) groups is 2. The van der Waals surface area contributed by atoms with Gasteiger partial charge in [0.25, 0.3) is 5.91 Å². The van der Waals surface area contributed by atoms with Gasteiger partial charge in [-0.25, -0.2) is 0 Å². The number of carbonyl (C=O) groups excluding carboxylic acids is 1. The average Bonchev–Trinajstić information content (AvgIpc) is 3.07. The van der Waals surface area contributed by atoms with Crippen molar-refractivity contribution in [1.82, 2.24) is 5.32 Å². The number of nitrogens with one attached hydrogen (secondary N) is 1. The molecule has 0 unspecified atom stereocenters. The summed E-state index contributed by atoms with van der Waals surface area (Å²) in [7, 11) is 0. The Morgan fingerprint density at radius 1 is 1.38 bits per heavy atom. The van der Waals surface area contributed by atoms with Crippen LogP contribution in [-0.2, 0) is 16.0 Å². The van der Waals surface area contributed by atoms with Crippen molar-refractivity contribution >= 4 is 11.9 Å². The van der Waals surface area contributed by atoms with Crippen LogP contribution in [0.5, 0.6) is 11.5 Å². The fourth-order valence-corrected chi connectivity index (χ4v) is 3.45. The van der Waals surface area contributed by atoms with E-state index in [1.165, 1.54) is 0 Å². The molecule has 1 saturated carbocycles. The highest BCUT2D eigenvalue weighted by Gasteiger charge is 2.33. The molecule has 1 aromatic carbocycles. The molecule has 130 valence electrons. The van der Waals surface area contributed by atoms with Crippen LogP contribution in [0.4, 0.5) is 0 Å². The molecular weight excluding hydrogens is 310 g/mol. The maximum Gasteiger partial charge on any atom is 0.306 e. The smallest absolute Gasteiger partial charge is 0.306 e. The number of amides is 1. The number of carboxylic acids is 1. The van der Waals surface area contributed by atoms with Crippen molar-refractivity contribution in [2.75, 3.05) is 6.61 Å². The number of ether oxygens (including phenoxy) is 2. The Labute approximate surface area is 141 Å². The molecule has 2 N–H and O–H groups in total. The Hall–Kier alpha value is -2.24. The zero-order chi connectivity index (χ0) is 17.3. The number of para-hydroxylation sites is 1. The van der Waals surface area contributed by atoms with Crippen molar-refractivity contribution in [3.8, 4) is 11.5 Å². The monoisotopic (exact) mass is 333 g/mol. The van der Waals surface area contributed by atoms with E-state index in [0.29, 0.717) is 30.8 Å². The first kappa shape index (κ1) is 16.6. The Morgan fingerprint density at radius 2 is 2.17 bits per heavy atom. The van der Waals surface area contributed by atoms with Gasteiger partial charge in [0, 0.05) is 18.0 Å². The summed E-state index contributed by atoms with van der Waals surface area (Å²) in [4.78, 5) is 23.0. The first-order chi connectivity index (χ1) is 11.3. The fourth-order valence-electron chi connectivity index (χ4n) is 3.45. The van der Waals surface area contributed by atoms with Crippen molar-refractivity contribution in [3.63, 3.8) is 0 Å². The molecule has 0 aromatic heterocycles. The van der Waals surface area contributed by atoms with E-state index in [1.807, 2.05) is 26.0 Å². The summed E-state index contributed by atoms with van der Waals surface area (Å²) in [6.07, 6.45) is 2.60. The van der Waals surface area contributed by atoms with Gasteiger partial charge in [-0.15, -0.1) is 0 Å². The fraction of sp³-hybridized carbons (Fsp3) is 0.556. The first-order valence-corrected chi connectivity index (χ1v) is 8.30. The van der Waals surface area contributed by atoms with Crippen LogP contribution < -0.4 is 14.8 Å². The van der Waals surface area contributed by atoms with Crippen molar-refractivity contribution in [3.05, 3.63) is 23.8 Å². The van der Waals surface area contributed by atoms with Crippen LogP contribution in [-0.4, -0.2) is 35.2 Å². The molecule has 1 fully saturated rings. The van der Waals surface area contributed by atoms with Crippen LogP contribution in [0.1, 0.15) is 38.7 Å². The highest BCUT2D eigenvalue weighted by Crippen LogP contribution is 2.41. The van der Waals surface area contributed by atoms with E-state index in [-0.39, 0.29) is 30.1 Å². The lowest BCUT2D eigenvalue weighted by Crippen LogP contribution is -2.36. The molecule has 0 saturated heterocycles. The van der Waals surface area contributed by atoms with Gasteiger partial charge in [-0.2, -0.15) is 0 Å². The largest absolute Gasteiger partial charge is 0.483 e. The van der Waals surface area contributed by atoms with Crippen LogP contribution in [0.25, 0.3) is 0 Å². The summed E-state index contributed by atoms with van der Waals surface area (Å²) >= 11 is 0. The van der Waals surface area contributed by atoms with E-state index in [4.69, 9.17) is 14.6 Å². The van der Waals surface area contributed by atoms with Gasteiger partial charge in [-0.1, -0.05) is 12.1 Å². The van der Waals surface area contributed by atoms with Gasteiger partial charge in [-0.05, 0) is 39.2 Å². The van der Waals surface area contributed by atoms with E-state index < -0.39 is 5.97 Å². The molecule has 0 radical (unpaired) electrons. The maximum atomic E-state index is 12.1. The second-order valence-corrected chi connectivity index (χ2v) is 7.18. The topological polar surface area (TPSA) is 84.9 Å². The zero-order valence-electron chi connectivity index (χ0n) is 14.0. The zero-order valence-corrected chi connectivity index (χ0v) is 14.0. The van der Waals surface area contributed by atoms with E-state index in [2.05, 4.69) is 5.32 Å². The number of carboxylic acid groups (broad SMARTS) is 1. The molecule has 6 heteroatoms. The van der Waals surface area contributed by atoms with Crippen molar-refractivity contribution < 1.29 is 24.2 Å². The Kier molecular flexibility index (Phi) is 4.39. The van der Waals surface area contributed by atoms with Crippen LogP contribution >= 0.6 is 0 Å². The molecule has 3 rings (SSSR count). The molecule has 1 aliphatic carbocycles. The Bertz CT molecular complexity index is 655. The number of aliphatic carboxylic acids is 1. The van der Waals surface area contributed by atoms with Crippen molar-refractivity contribution in [1.29, 1.82) is 0 Å². The second kappa shape index (κ2) is 6.34. The maximum absolute atomic E-state index is 12.1. The molecule has 1 aliphatic heterocycles. The average molecular weight is 333 g/mol. The summed E-state index contributed by atoms with van der Waals surface area (Å²) in [5.41, 5.74) is 0.817. The second-order valence-electron chi connectivity index (χ2n) is 7.18. The molecule has 1 aromatic rings. The molecule has 0 spiro atoms. The lowest BCUT2D eigenvalue weighted by Gasteiger charge is -2.18. The molecule has 1 amide bonds. The van der Waals surface area contributed by atoms with Gasteiger partial charge in [0.1, 0.15) is 5.60 Å². The number of hydrogen-bond donors (Lipinski definition) is 2. The quantitative estimate of drug-likeness (QED) is 0.862. The predicted octanol–water partition coefficient (Wildman–Crippen LogP) is 2.15. The summed E-state index contributed by atoms with van der Waals surface area (Å²) in [6, 6.07) is 5.61. The van der Waals surface area contributed by atoms with Gasteiger partial charge in [0.15, 0.2) is 18.1 Å². The highest BCUT2D eigenvalue weighted by molar-refractivity contribution is 5.78. The summed E-state index contributed by atoms with van der Waals surface area (Å²) in [5, 5.41) is 11.8. The van der Waals surface area contributed by atoms with E-state index in [1.54, 1.807) is 6.07 Å². The highest BCUT2D eigenvalue weighted by atomic mass is 16.5. The van der Waals surface area contributed by atoms with Crippen molar-refractivity contribution in [2.45, 2.75) is 51.2 Å². The normalized spacial score (nSPS) is 24.1. The van der Waals surface area contributed by atoms with Gasteiger partial charge < -0.3 is 19.9 Å². The van der Waals surface area contributed by atoms with Gasteiger partial charge in [0.2, 0.25) is 0 Å². The summed E-state index contributed by atoms with van der Waals surface area (Å²) in [5.74, 6) is -0.0991. The third kappa shape index (κ3) is 3.63. The minimum absolute atomic E-state index is 0.0844. The van der Waals surface area contributed by atoms with Gasteiger partial charge in [0.05, 0.1) is 5.92 Å². The SMILES string of the molecule is CC1(C)Cc2cccc(OCC(=O)N[C@H]3CC[C@@H](C(=O)O)C3)c2O1. The lowest BCUT2D eigenvalue weighted by atomic mass is 10.0. The van der Waals surface area contributed by atoms with Gasteiger partial charge in [-0.3, -0.25) is 9.59 Å².